The molecule has 4 rings (SSSR count). The van der Waals surface area contributed by atoms with Crippen molar-refractivity contribution in [2.45, 2.75) is 19.4 Å². The fourth-order valence-electron chi connectivity index (χ4n) is 3.50. The molecule has 1 amide bonds. The standard InChI is InChI=1S/C21H24FN7O5/c1-3-14(12-28-8-10-33-11-9-28)23-18(30)19-24-17(26-34-19)16-20(31)27(2)21(32)29(25-16)15-6-4-13(22)5-7-15/h4-7,14H,3,8-12H2,1-2H3,(H,23,30). The first-order valence-corrected chi connectivity index (χ1v) is 10.8. The SMILES string of the molecule is CCC(CN1CCOCC1)NC(=O)c1nc(-c2nn(-c3ccc(F)cc3)c(=O)n(C)c2=O)no1. The Balaban J connectivity index is 1.57. The molecule has 2 aromatic heterocycles. The quantitative estimate of drug-likeness (QED) is 0.501. The molecule has 12 nitrogen and oxygen atoms in total. The van der Waals surface area contributed by atoms with Crippen LogP contribution in [0.15, 0.2) is 38.4 Å². The van der Waals surface area contributed by atoms with E-state index in [1.54, 1.807) is 0 Å². The lowest BCUT2D eigenvalue weighted by Crippen LogP contribution is -2.47. The Morgan fingerprint density at radius 3 is 2.59 bits per heavy atom. The third kappa shape index (κ3) is 4.94. The summed E-state index contributed by atoms with van der Waals surface area (Å²) in [6, 6.07) is 4.85. The molecule has 1 N–H and O–H groups in total. The van der Waals surface area contributed by atoms with Gasteiger partial charge in [-0.25, -0.2) is 9.18 Å². The minimum Gasteiger partial charge on any atom is -0.379 e. The first-order chi connectivity index (χ1) is 16.4. The molecule has 1 atom stereocenters. The van der Waals surface area contributed by atoms with Crippen LogP contribution in [0.25, 0.3) is 17.2 Å². The van der Waals surface area contributed by atoms with Crippen LogP contribution >= 0.6 is 0 Å². The molecule has 3 aromatic rings. The summed E-state index contributed by atoms with van der Waals surface area (Å²) in [4.78, 5) is 44.1. The fourth-order valence-corrected chi connectivity index (χ4v) is 3.50. The van der Waals surface area contributed by atoms with Crippen molar-refractivity contribution in [2.75, 3.05) is 32.8 Å². The number of rotatable bonds is 7. The number of aromatic nitrogens is 5. The monoisotopic (exact) mass is 473 g/mol. The summed E-state index contributed by atoms with van der Waals surface area (Å²) in [7, 11) is 1.26. The molecule has 0 spiro atoms. The second-order valence-electron chi connectivity index (χ2n) is 7.80. The topological polar surface area (TPSA) is 137 Å². The second kappa shape index (κ2) is 10.1. The van der Waals surface area contributed by atoms with Crippen LogP contribution in [0, 0.1) is 5.82 Å². The lowest BCUT2D eigenvalue weighted by Gasteiger charge is -2.30. The summed E-state index contributed by atoms with van der Waals surface area (Å²) in [6.07, 6.45) is 0.689. The highest BCUT2D eigenvalue weighted by molar-refractivity contribution is 5.90. The Labute approximate surface area is 192 Å². The predicted octanol–water partition coefficient (Wildman–Crippen LogP) is -0.0391. The number of amides is 1. The number of ether oxygens (including phenoxy) is 1. The summed E-state index contributed by atoms with van der Waals surface area (Å²) >= 11 is 0. The average molecular weight is 473 g/mol. The van der Waals surface area contributed by atoms with Crippen LogP contribution in [0.3, 0.4) is 0 Å². The smallest absolute Gasteiger partial charge is 0.351 e. The molecule has 180 valence electrons. The van der Waals surface area contributed by atoms with Gasteiger partial charge in [-0.05, 0) is 30.7 Å². The van der Waals surface area contributed by atoms with E-state index < -0.39 is 23.0 Å². The lowest BCUT2D eigenvalue weighted by molar-refractivity contribution is 0.0330. The second-order valence-corrected chi connectivity index (χ2v) is 7.80. The molecule has 0 saturated carbocycles. The number of halogens is 1. The van der Waals surface area contributed by atoms with Gasteiger partial charge >= 0.3 is 17.5 Å². The molecule has 0 aliphatic carbocycles. The van der Waals surface area contributed by atoms with Gasteiger partial charge in [-0.2, -0.15) is 14.8 Å². The zero-order valence-electron chi connectivity index (χ0n) is 18.7. The Bertz CT molecular complexity index is 1280. The highest BCUT2D eigenvalue weighted by Gasteiger charge is 2.24. The largest absolute Gasteiger partial charge is 0.379 e. The van der Waals surface area contributed by atoms with E-state index in [4.69, 9.17) is 9.26 Å². The number of carbonyl (C=O) groups excluding carboxylic acids is 1. The third-order valence-corrected chi connectivity index (χ3v) is 5.49. The number of hydrogen-bond donors (Lipinski definition) is 1. The molecule has 13 heteroatoms. The van der Waals surface area contributed by atoms with Gasteiger partial charge in [0.2, 0.25) is 5.82 Å². The summed E-state index contributed by atoms with van der Waals surface area (Å²) in [5.41, 5.74) is -1.57. The molecule has 1 aliphatic rings. The lowest BCUT2D eigenvalue weighted by atomic mass is 10.2. The zero-order chi connectivity index (χ0) is 24.2. The molecule has 1 unspecified atom stereocenters. The van der Waals surface area contributed by atoms with Crippen molar-refractivity contribution in [1.82, 2.24) is 34.7 Å². The summed E-state index contributed by atoms with van der Waals surface area (Å²) < 4.78 is 25.4. The molecular weight excluding hydrogens is 449 g/mol. The average Bonchev–Trinajstić information content (AvgIpc) is 3.34. The van der Waals surface area contributed by atoms with E-state index >= 15 is 0 Å². The maximum absolute atomic E-state index is 13.3. The van der Waals surface area contributed by atoms with Crippen molar-refractivity contribution in [1.29, 1.82) is 0 Å². The van der Waals surface area contributed by atoms with E-state index in [0.717, 1.165) is 34.5 Å². The zero-order valence-corrected chi connectivity index (χ0v) is 18.7. The van der Waals surface area contributed by atoms with Gasteiger partial charge in [0.15, 0.2) is 5.69 Å². The van der Waals surface area contributed by atoms with Gasteiger partial charge in [-0.1, -0.05) is 12.1 Å². The van der Waals surface area contributed by atoms with Crippen molar-refractivity contribution in [2.24, 2.45) is 7.05 Å². The van der Waals surface area contributed by atoms with Gasteiger partial charge in [0.05, 0.1) is 18.9 Å². The predicted molar refractivity (Wildman–Crippen MR) is 117 cm³/mol. The number of nitrogens with one attached hydrogen (secondary N) is 1. The van der Waals surface area contributed by atoms with Gasteiger partial charge in [-0.3, -0.25) is 19.1 Å². The van der Waals surface area contributed by atoms with Crippen LogP contribution in [0.2, 0.25) is 0 Å². The van der Waals surface area contributed by atoms with Crippen LogP contribution in [0.1, 0.15) is 24.0 Å². The first kappa shape index (κ1) is 23.4. The third-order valence-electron chi connectivity index (χ3n) is 5.49. The summed E-state index contributed by atoms with van der Waals surface area (Å²) in [5.74, 6) is -1.65. The molecule has 0 radical (unpaired) electrons. The number of benzene rings is 1. The van der Waals surface area contributed by atoms with Crippen molar-refractivity contribution in [3.63, 3.8) is 0 Å². The minimum atomic E-state index is -0.769. The molecule has 1 aliphatic heterocycles. The molecule has 1 fully saturated rings. The van der Waals surface area contributed by atoms with Gasteiger partial charge < -0.3 is 14.6 Å². The normalized spacial score (nSPS) is 15.3. The van der Waals surface area contributed by atoms with Crippen molar-refractivity contribution >= 4 is 5.91 Å². The number of morpholine rings is 1. The van der Waals surface area contributed by atoms with Crippen LogP contribution < -0.4 is 16.6 Å². The summed E-state index contributed by atoms with van der Waals surface area (Å²) in [5, 5.41) is 10.6. The Hall–Kier alpha value is -3.71. The summed E-state index contributed by atoms with van der Waals surface area (Å²) in [6.45, 7) is 5.48. The van der Waals surface area contributed by atoms with E-state index in [2.05, 4.69) is 25.5 Å². The maximum Gasteiger partial charge on any atom is 0.351 e. The molecular formula is C21H24FN7O5. The van der Waals surface area contributed by atoms with E-state index in [1.807, 2.05) is 6.92 Å². The van der Waals surface area contributed by atoms with E-state index in [1.165, 1.54) is 19.2 Å². The Morgan fingerprint density at radius 2 is 1.91 bits per heavy atom. The van der Waals surface area contributed by atoms with Gasteiger partial charge in [0.1, 0.15) is 5.82 Å². The Morgan fingerprint density at radius 1 is 1.21 bits per heavy atom. The molecule has 0 bridgehead atoms. The number of nitrogens with zero attached hydrogens (tertiary/aromatic N) is 6. The van der Waals surface area contributed by atoms with Crippen molar-refractivity contribution in [3.8, 4) is 17.2 Å². The van der Waals surface area contributed by atoms with Gasteiger partial charge in [-0.15, -0.1) is 0 Å². The van der Waals surface area contributed by atoms with Crippen LogP contribution in [-0.2, 0) is 11.8 Å². The number of carbonyl (C=O) groups is 1. The van der Waals surface area contributed by atoms with Crippen LogP contribution in [-0.4, -0.2) is 74.2 Å². The first-order valence-electron chi connectivity index (χ1n) is 10.8. The molecule has 3 heterocycles. The molecule has 34 heavy (non-hydrogen) atoms. The van der Waals surface area contributed by atoms with Crippen molar-refractivity contribution < 1.29 is 18.4 Å². The fraction of sp³-hybridized carbons (Fsp3) is 0.429. The highest BCUT2D eigenvalue weighted by atomic mass is 19.1. The van der Waals surface area contributed by atoms with Crippen molar-refractivity contribution in [3.05, 3.63) is 56.8 Å². The molecule has 1 saturated heterocycles. The highest BCUT2D eigenvalue weighted by Crippen LogP contribution is 2.11. The van der Waals surface area contributed by atoms with E-state index in [-0.39, 0.29) is 29.1 Å². The van der Waals surface area contributed by atoms with Gasteiger partial charge in [0, 0.05) is 32.7 Å². The van der Waals surface area contributed by atoms with E-state index in [0.29, 0.717) is 26.2 Å². The maximum atomic E-state index is 13.3. The van der Waals surface area contributed by atoms with E-state index in [9.17, 15) is 18.8 Å². The van der Waals surface area contributed by atoms with Crippen LogP contribution in [0.4, 0.5) is 4.39 Å². The minimum absolute atomic E-state index is 0.146. The van der Waals surface area contributed by atoms with Crippen LogP contribution in [0.5, 0.6) is 0 Å². The Kier molecular flexibility index (Phi) is 6.93. The van der Waals surface area contributed by atoms with Gasteiger partial charge in [0.25, 0.3) is 5.56 Å². The number of hydrogen-bond acceptors (Lipinski definition) is 9. The molecule has 1 aromatic carbocycles.